The van der Waals surface area contributed by atoms with E-state index in [1.165, 1.54) is 0 Å². The number of amides is 1. The normalized spacial score (nSPS) is 21.2. The highest BCUT2D eigenvalue weighted by molar-refractivity contribution is 5.95. The third-order valence-corrected chi connectivity index (χ3v) is 4.96. The van der Waals surface area contributed by atoms with E-state index in [4.69, 9.17) is 21.0 Å². The number of ether oxygens (including phenoxy) is 1. The van der Waals surface area contributed by atoms with Gasteiger partial charge in [-0.1, -0.05) is 43.3 Å². The summed E-state index contributed by atoms with van der Waals surface area (Å²) in [5.41, 5.74) is 7.26. The molecule has 0 spiro atoms. The third-order valence-electron chi connectivity index (χ3n) is 4.96. The van der Waals surface area contributed by atoms with E-state index in [1.807, 2.05) is 36.4 Å². The molecular weight excluding hydrogens is 358 g/mol. The van der Waals surface area contributed by atoms with E-state index in [0.717, 1.165) is 11.1 Å². The lowest BCUT2D eigenvalue weighted by molar-refractivity contribution is -0.143. The average Bonchev–Trinajstić information content (AvgIpc) is 2.93. The quantitative estimate of drug-likeness (QED) is 0.433. The molecule has 1 saturated heterocycles. The summed E-state index contributed by atoms with van der Waals surface area (Å²) in [5.74, 6) is -0.516. The maximum atomic E-state index is 12.1. The van der Waals surface area contributed by atoms with Crippen LogP contribution in [0.4, 0.5) is 0 Å². The van der Waals surface area contributed by atoms with E-state index in [9.17, 15) is 9.59 Å². The highest BCUT2D eigenvalue weighted by Gasteiger charge is 2.44. The first kappa shape index (κ1) is 19.4. The van der Waals surface area contributed by atoms with Gasteiger partial charge in [-0.2, -0.15) is 0 Å². The predicted octanol–water partition coefficient (Wildman–Crippen LogP) is 2.39. The van der Waals surface area contributed by atoms with Gasteiger partial charge in [0.2, 0.25) is 5.91 Å². The Morgan fingerprint density at radius 3 is 2.32 bits per heavy atom. The highest BCUT2D eigenvalue weighted by Crippen LogP contribution is 2.33. The van der Waals surface area contributed by atoms with Gasteiger partial charge in [0.05, 0.1) is 17.9 Å². The molecule has 1 heterocycles. The Hall–Kier alpha value is -3.35. The number of carbonyl (C=O) groups is 2. The van der Waals surface area contributed by atoms with Crippen LogP contribution in [0.1, 0.15) is 25.3 Å². The van der Waals surface area contributed by atoms with E-state index in [2.05, 4.69) is 5.32 Å². The molecule has 5 N–H and O–H groups in total. The fraction of sp³-hybridized carbons (Fsp3) is 0.286. The largest absolute Gasteiger partial charge is 0.491 e. The molecule has 0 unspecified atom stereocenters. The zero-order valence-electron chi connectivity index (χ0n) is 15.6. The summed E-state index contributed by atoms with van der Waals surface area (Å²) in [6.45, 7) is 1.95. The van der Waals surface area contributed by atoms with Crippen molar-refractivity contribution in [1.29, 1.82) is 5.41 Å². The number of carbonyl (C=O) groups excluding carboxylic acids is 1. The molecule has 2 aromatic carbocycles. The minimum atomic E-state index is -0.980. The summed E-state index contributed by atoms with van der Waals surface area (Å²) in [4.78, 5) is 23.0. The smallest absolute Gasteiger partial charge is 0.304 e. The minimum Gasteiger partial charge on any atom is -0.491 e. The molecule has 0 aliphatic carbocycles. The predicted molar refractivity (Wildman–Crippen MR) is 105 cm³/mol. The van der Waals surface area contributed by atoms with Crippen LogP contribution in [-0.4, -0.2) is 35.5 Å². The second-order valence-electron chi connectivity index (χ2n) is 7.33. The number of nitrogens with two attached hydrogens (primary N) is 1. The molecule has 28 heavy (non-hydrogen) atoms. The summed E-state index contributed by atoms with van der Waals surface area (Å²) >= 11 is 0. The summed E-state index contributed by atoms with van der Waals surface area (Å²) in [7, 11) is 0. The van der Waals surface area contributed by atoms with Gasteiger partial charge in [-0.3, -0.25) is 15.0 Å². The van der Waals surface area contributed by atoms with Gasteiger partial charge >= 0.3 is 5.97 Å². The van der Waals surface area contributed by atoms with Crippen molar-refractivity contribution in [2.45, 2.75) is 25.8 Å². The van der Waals surface area contributed by atoms with Crippen molar-refractivity contribution < 1.29 is 19.4 Å². The van der Waals surface area contributed by atoms with Crippen molar-refractivity contribution >= 4 is 17.7 Å². The standard InChI is InChI=1S/C21H23N3O4/c1-21(11-18(25)26)10-16(24-20(21)27)12-28-17-8-6-14(7-9-17)13-2-4-15(5-3-13)19(22)23/h2-9,16H,10-12H2,1H3,(H3,22,23)(H,24,27)(H,25,26)/t16-,21-/m0/s1. The molecule has 2 aromatic rings. The van der Waals surface area contributed by atoms with E-state index < -0.39 is 11.4 Å². The number of carboxylic acids is 1. The number of benzene rings is 2. The first-order valence-electron chi connectivity index (χ1n) is 8.97. The van der Waals surface area contributed by atoms with Gasteiger partial charge < -0.3 is 20.9 Å². The SMILES string of the molecule is C[C@@]1(CC(=O)O)C[C@@H](COc2ccc(-c3ccc(C(=N)N)cc3)cc2)NC1=O. The molecule has 2 atom stereocenters. The number of hydrogen-bond donors (Lipinski definition) is 4. The van der Waals surface area contributed by atoms with Gasteiger partial charge in [0.1, 0.15) is 18.2 Å². The number of aliphatic carboxylic acids is 1. The Kier molecular flexibility index (Phi) is 5.35. The Bertz CT molecular complexity index is 893. The van der Waals surface area contributed by atoms with E-state index in [0.29, 0.717) is 17.7 Å². The van der Waals surface area contributed by atoms with Crippen LogP contribution in [0.3, 0.4) is 0 Å². The van der Waals surface area contributed by atoms with Crippen LogP contribution in [0.5, 0.6) is 5.75 Å². The van der Waals surface area contributed by atoms with Crippen LogP contribution < -0.4 is 15.8 Å². The lowest BCUT2D eigenvalue weighted by Gasteiger charge is -2.17. The third kappa shape index (κ3) is 4.31. The van der Waals surface area contributed by atoms with E-state index in [-0.39, 0.29) is 30.8 Å². The van der Waals surface area contributed by atoms with Crippen molar-refractivity contribution in [3.8, 4) is 16.9 Å². The van der Waals surface area contributed by atoms with Gasteiger partial charge in [-0.15, -0.1) is 0 Å². The van der Waals surface area contributed by atoms with Crippen molar-refractivity contribution in [2.75, 3.05) is 6.61 Å². The van der Waals surface area contributed by atoms with Gasteiger partial charge in [0, 0.05) is 5.56 Å². The van der Waals surface area contributed by atoms with Crippen LogP contribution >= 0.6 is 0 Å². The molecule has 1 aliphatic rings. The summed E-state index contributed by atoms with van der Waals surface area (Å²) in [5, 5.41) is 19.2. The Balaban J connectivity index is 1.58. The maximum absolute atomic E-state index is 12.1. The Labute approximate surface area is 163 Å². The van der Waals surface area contributed by atoms with E-state index in [1.54, 1.807) is 19.1 Å². The van der Waals surface area contributed by atoms with Gasteiger partial charge in [-0.05, 0) is 29.7 Å². The first-order chi connectivity index (χ1) is 13.3. The molecule has 7 nitrogen and oxygen atoms in total. The fourth-order valence-corrected chi connectivity index (χ4v) is 3.42. The first-order valence-corrected chi connectivity index (χ1v) is 8.97. The fourth-order valence-electron chi connectivity index (χ4n) is 3.42. The average molecular weight is 381 g/mol. The number of amidine groups is 1. The monoisotopic (exact) mass is 381 g/mol. The van der Waals surface area contributed by atoms with Crippen LogP contribution in [0.15, 0.2) is 48.5 Å². The van der Waals surface area contributed by atoms with Crippen LogP contribution in [-0.2, 0) is 9.59 Å². The Morgan fingerprint density at radius 2 is 1.79 bits per heavy atom. The molecule has 1 amide bonds. The van der Waals surface area contributed by atoms with Crippen molar-refractivity contribution in [1.82, 2.24) is 5.32 Å². The molecule has 0 aromatic heterocycles. The van der Waals surface area contributed by atoms with Crippen LogP contribution in [0.25, 0.3) is 11.1 Å². The zero-order chi connectivity index (χ0) is 20.3. The number of carboxylic acid groups (broad SMARTS) is 1. The molecule has 3 rings (SSSR count). The zero-order valence-corrected chi connectivity index (χ0v) is 15.6. The summed E-state index contributed by atoms with van der Waals surface area (Å²) < 4.78 is 5.77. The molecule has 1 fully saturated rings. The molecule has 0 radical (unpaired) electrons. The number of hydrogen-bond acceptors (Lipinski definition) is 4. The molecule has 146 valence electrons. The second-order valence-corrected chi connectivity index (χ2v) is 7.33. The molecule has 7 heteroatoms. The highest BCUT2D eigenvalue weighted by atomic mass is 16.5. The van der Waals surface area contributed by atoms with Crippen molar-refractivity contribution in [2.24, 2.45) is 11.1 Å². The van der Waals surface area contributed by atoms with Crippen molar-refractivity contribution in [3.63, 3.8) is 0 Å². The number of rotatable bonds is 7. The molecular formula is C21H23N3O4. The van der Waals surface area contributed by atoms with Gasteiger partial charge in [0.15, 0.2) is 0 Å². The minimum absolute atomic E-state index is 0.0359. The van der Waals surface area contributed by atoms with Crippen molar-refractivity contribution in [3.05, 3.63) is 54.1 Å². The second kappa shape index (κ2) is 7.72. The van der Waals surface area contributed by atoms with E-state index >= 15 is 0 Å². The maximum Gasteiger partial charge on any atom is 0.304 e. The number of nitrogen functional groups attached to an aromatic ring is 1. The topological polar surface area (TPSA) is 126 Å². The van der Waals surface area contributed by atoms with Gasteiger partial charge in [-0.25, -0.2) is 0 Å². The lowest BCUT2D eigenvalue weighted by Crippen LogP contribution is -2.33. The van der Waals surface area contributed by atoms with Gasteiger partial charge in [0.25, 0.3) is 0 Å². The van der Waals surface area contributed by atoms with Crippen LogP contribution in [0, 0.1) is 10.8 Å². The molecule has 0 saturated carbocycles. The Morgan fingerprint density at radius 1 is 1.21 bits per heavy atom. The number of nitrogens with one attached hydrogen (secondary N) is 2. The van der Waals surface area contributed by atoms with Crippen LogP contribution in [0.2, 0.25) is 0 Å². The molecule has 0 bridgehead atoms. The molecule has 1 aliphatic heterocycles. The summed E-state index contributed by atoms with van der Waals surface area (Å²) in [6, 6.07) is 14.8. The lowest BCUT2D eigenvalue weighted by atomic mass is 9.84. The summed E-state index contributed by atoms with van der Waals surface area (Å²) in [6.07, 6.45) is 0.241.